The molecule has 0 bridgehead atoms. The topological polar surface area (TPSA) is 29.1 Å². The van der Waals surface area contributed by atoms with Gasteiger partial charge in [-0.25, -0.2) is 0 Å². The Kier molecular flexibility index (Phi) is 5.41. The average Bonchev–Trinajstić information content (AvgIpc) is 2.27. The molecule has 3 heteroatoms. The van der Waals surface area contributed by atoms with Crippen LogP contribution in [0.25, 0.3) is 0 Å². The molecule has 1 aromatic carbocycles. The Morgan fingerprint density at radius 3 is 2.05 bits per heavy atom. The van der Waals surface area contributed by atoms with Gasteiger partial charge in [-0.2, -0.15) is 0 Å². The minimum absolute atomic E-state index is 0.116. The monoisotopic (exact) mass is 281 g/mol. The maximum atomic E-state index is 13.3. The van der Waals surface area contributed by atoms with E-state index in [1.54, 1.807) is 0 Å². The second-order valence-corrected chi connectivity index (χ2v) is 10.2. The van der Waals surface area contributed by atoms with Gasteiger partial charge in [0.1, 0.15) is 0 Å². The van der Waals surface area contributed by atoms with Crippen molar-refractivity contribution < 1.29 is 4.57 Å². The van der Waals surface area contributed by atoms with Crippen molar-refractivity contribution in [2.24, 2.45) is 5.92 Å². The van der Waals surface area contributed by atoms with Crippen LogP contribution in [-0.2, 0) is 4.57 Å². The molecule has 0 saturated heterocycles. The van der Waals surface area contributed by atoms with E-state index < -0.39 is 7.29 Å². The first kappa shape index (κ1) is 16.5. The molecule has 19 heavy (non-hydrogen) atoms. The first-order chi connectivity index (χ1) is 8.66. The van der Waals surface area contributed by atoms with E-state index in [0.717, 1.165) is 6.16 Å². The highest BCUT2D eigenvalue weighted by atomic mass is 31.2. The highest BCUT2D eigenvalue weighted by Gasteiger charge is 2.37. The van der Waals surface area contributed by atoms with E-state index in [0.29, 0.717) is 5.92 Å². The summed E-state index contributed by atoms with van der Waals surface area (Å²) in [6.07, 6.45) is 0.744. The molecular formula is C16H28NOP. The van der Waals surface area contributed by atoms with Gasteiger partial charge in [0.25, 0.3) is 0 Å². The third-order valence-electron chi connectivity index (χ3n) is 3.41. The zero-order valence-corrected chi connectivity index (χ0v) is 14.0. The molecule has 108 valence electrons. The maximum Gasteiger partial charge on any atom is 0.153 e. The highest BCUT2D eigenvalue weighted by molar-refractivity contribution is 7.63. The van der Waals surface area contributed by atoms with Crippen molar-refractivity contribution >= 4 is 7.29 Å². The van der Waals surface area contributed by atoms with Gasteiger partial charge in [-0.1, -0.05) is 65.0 Å². The zero-order valence-electron chi connectivity index (χ0n) is 13.1. The molecule has 2 unspecified atom stereocenters. The number of hydrogen-bond acceptors (Lipinski definition) is 1. The molecular weight excluding hydrogens is 253 g/mol. The van der Waals surface area contributed by atoms with Crippen LogP contribution < -0.4 is 5.09 Å². The molecule has 2 atom stereocenters. The van der Waals surface area contributed by atoms with Crippen LogP contribution in [0.2, 0.25) is 0 Å². The zero-order chi connectivity index (χ0) is 14.7. The van der Waals surface area contributed by atoms with E-state index in [1.807, 2.05) is 18.2 Å². The Labute approximate surface area is 118 Å². The minimum atomic E-state index is -2.43. The lowest BCUT2D eigenvalue weighted by Crippen LogP contribution is -2.30. The van der Waals surface area contributed by atoms with Crippen LogP contribution in [0.15, 0.2) is 30.3 Å². The molecule has 1 aromatic rings. The number of benzene rings is 1. The van der Waals surface area contributed by atoms with Crippen molar-refractivity contribution in [3.05, 3.63) is 35.9 Å². The van der Waals surface area contributed by atoms with Gasteiger partial charge in [-0.15, -0.1) is 0 Å². The van der Waals surface area contributed by atoms with Crippen LogP contribution in [0.4, 0.5) is 0 Å². The van der Waals surface area contributed by atoms with E-state index in [-0.39, 0.29) is 11.2 Å². The summed E-state index contributed by atoms with van der Waals surface area (Å²) >= 11 is 0. The maximum absolute atomic E-state index is 13.3. The van der Waals surface area contributed by atoms with Crippen LogP contribution in [0.1, 0.15) is 53.1 Å². The van der Waals surface area contributed by atoms with E-state index in [2.05, 4.69) is 58.8 Å². The molecule has 0 spiro atoms. The second kappa shape index (κ2) is 6.24. The van der Waals surface area contributed by atoms with E-state index in [1.165, 1.54) is 5.56 Å². The van der Waals surface area contributed by atoms with Gasteiger partial charge in [-0.3, -0.25) is 5.09 Å². The number of nitrogens with one attached hydrogen (secondary N) is 1. The molecule has 1 N–H and O–H groups in total. The van der Waals surface area contributed by atoms with Crippen molar-refractivity contribution in [1.82, 2.24) is 5.09 Å². The third-order valence-corrected chi connectivity index (χ3v) is 7.62. The molecule has 0 aliphatic rings. The highest BCUT2D eigenvalue weighted by Crippen LogP contribution is 2.56. The third kappa shape index (κ3) is 4.47. The predicted octanol–water partition coefficient (Wildman–Crippen LogP) is 5.07. The normalized spacial score (nSPS) is 17.2. The summed E-state index contributed by atoms with van der Waals surface area (Å²) < 4.78 is 13.3. The molecule has 0 aliphatic carbocycles. The molecule has 0 aliphatic heterocycles. The Bertz CT molecular complexity index is 434. The van der Waals surface area contributed by atoms with Crippen molar-refractivity contribution in [1.29, 1.82) is 0 Å². The summed E-state index contributed by atoms with van der Waals surface area (Å²) in [4.78, 5) is 0. The fraction of sp³-hybridized carbons (Fsp3) is 0.625. The fourth-order valence-corrected chi connectivity index (χ4v) is 5.01. The van der Waals surface area contributed by atoms with Gasteiger partial charge in [0.2, 0.25) is 0 Å². The van der Waals surface area contributed by atoms with Gasteiger partial charge in [-0.05, 0) is 18.4 Å². The SMILES string of the molecule is CC(C)CP(=O)(NC(C)c1ccccc1)C(C)(C)C. The predicted molar refractivity (Wildman–Crippen MR) is 85.1 cm³/mol. The molecule has 0 heterocycles. The summed E-state index contributed by atoms with van der Waals surface area (Å²) in [5.74, 6) is 0.431. The Hall–Kier alpha value is -0.590. The number of hydrogen-bond donors (Lipinski definition) is 1. The smallest absolute Gasteiger partial charge is 0.153 e. The van der Waals surface area contributed by atoms with E-state index in [4.69, 9.17) is 0 Å². The van der Waals surface area contributed by atoms with Crippen LogP contribution in [0, 0.1) is 5.92 Å². The Morgan fingerprint density at radius 2 is 1.63 bits per heavy atom. The minimum Gasteiger partial charge on any atom is -0.306 e. The van der Waals surface area contributed by atoms with Crippen LogP contribution in [0.3, 0.4) is 0 Å². The van der Waals surface area contributed by atoms with E-state index in [9.17, 15) is 4.57 Å². The lowest BCUT2D eigenvalue weighted by Gasteiger charge is -2.35. The first-order valence-electron chi connectivity index (χ1n) is 7.07. The molecule has 0 fully saturated rings. The van der Waals surface area contributed by atoms with Crippen molar-refractivity contribution in [3.8, 4) is 0 Å². The van der Waals surface area contributed by atoms with Crippen molar-refractivity contribution in [3.63, 3.8) is 0 Å². The quantitative estimate of drug-likeness (QED) is 0.763. The molecule has 1 rings (SSSR count). The molecule has 0 saturated carbocycles. The van der Waals surface area contributed by atoms with Crippen molar-refractivity contribution in [2.75, 3.05) is 6.16 Å². The molecule has 2 nitrogen and oxygen atoms in total. The van der Waals surface area contributed by atoms with Gasteiger partial charge in [0, 0.05) is 17.4 Å². The summed E-state index contributed by atoms with van der Waals surface area (Å²) in [5, 5.41) is 3.23. The standard InChI is InChI=1S/C16H28NOP/c1-13(2)12-19(18,16(4,5)6)17-14(3)15-10-8-7-9-11-15/h7-11,13-14H,12H2,1-6H3,(H,17,18). The van der Waals surface area contributed by atoms with E-state index >= 15 is 0 Å². The fourth-order valence-electron chi connectivity index (χ4n) is 2.16. The summed E-state index contributed by atoms with van der Waals surface area (Å²) in [6.45, 7) is 12.6. The van der Waals surface area contributed by atoms with Crippen LogP contribution in [0.5, 0.6) is 0 Å². The lowest BCUT2D eigenvalue weighted by molar-refractivity contribution is 0.514. The van der Waals surface area contributed by atoms with Crippen molar-refractivity contribution in [2.45, 2.75) is 52.7 Å². The molecule has 0 amide bonds. The van der Waals surface area contributed by atoms with Gasteiger partial charge in [0.15, 0.2) is 7.29 Å². The van der Waals surface area contributed by atoms with Gasteiger partial charge in [0.05, 0.1) is 0 Å². The Balaban J connectivity index is 2.94. The average molecular weight is 281 g/mol. The largest absolute Gasteiger partial charge is 0.306 e. The van der Waals surface area contributed by atoms with Crippen LogP contribution in [-0.4, -0.2) is 11.3 Å². The van der Waals surface area contributed by atoms with Gasteiger partial charge >= 0.3 is 0 Å². The Morgan fingerprint density at radius 1 is 1.11 bits per heavy atom. The second-order valence-electron chi connectivity index (χ2n) is 6.75. The summed E-state index contributed by atoms with van der Waals surface area (Å²) in [6, 6.07) is 10.3. The summed E-state index contributed by atoms with van der Waals surface area (Å²) in [5.41, 5.74) is 1.19. The first-order valence-corrected chi connectivity index (χ1v) is 8.97. The molecule has 0 radical (unpaired) electrons. The lowest BCUT2D eigenvalue weighted by atomic mass is 10.1. The summed E-state index contributed by atoms with van der Waals surface area (Å²) in [7, 11) is -2.43. The number of rotatable bonds is 5. The van der Waals surface area contributed by atoms with Crippen LogP contribution >= 0.6 is 7.29 Å². The van der Waals surface area contributed by atoms with Gasteiger partial charge < -0.3 is 4.57 Å². The molecule has 0 aromatic heterocycles.